The van der Waals surface area contributed by atoms with E-state index in [1.807, 2.05) is 0 Å². The summed E-state index contributed by atoms with van der Waals surface area (Å²) in [5, 5.41) is 3.52. The minimum atomic E-state index is -0.152. The predicted molar refractivity (Wildman–Crippen MR) is 75.0 cm³/mol. The topological polar surface area (TPSA) is 33.7 Å². The smallest absolute Gasteiger partial charge is 0.0787 e. The van der Waals surface area contributed by atoms with Crippen molar-refractivity contribution >= 4 is 0 Å². The minimum absolute atomic E-state index is 0.152. The van der Waals surface area contributed by atoms with Gasteiger partial charge in [-0.3, -0.25) is 0 Å². The summed E-state index contributed by atoms with van der Waals surface area (Å²) in [6, 6.07) is 0.332. The number of methoxy groups -OCH3 is 1. The second-order valence-corrected chi connectivity index (χ2v) is 5.77. The molecule has 0 bridgehead atoms. The lowest BCUT2D eigenvalue weighted by molar-refractivity contribution is -0.0212. The Balaban J connectivity index is 2.43. The summed E-state index contributed by atoms with van der Waals surface area (Å²) in [7, 11) is 3.95. The Hall–Kier alpha value is -0.160. The predicted octanol–water partition coefficient (Wildman–Crippen LogP) is 1.50. The highest BCUT2D eigenvalue weighted by atomic mass is 16.5. The molecule has 1 N–H and O–H groups in total. The maximum Gasteiger partial charge on any atom is 0.0787 e. The number of likely N-dealkylation sites (N-methyl/N-ethyl adjacent to an activating group) is 2. The summed E-state index contributed by atoms with van der Waals surface area (Å²) in [6.07, 6.45) is 2.82. The molecule has 108 valence electrons. The number of nitrogens with one attached hydrogen (secondary N) is 1. The number of hydrogen-bond donors (Lipinski definition) is 1. The van der Waals surface area contributed by atoms with E-state index >= 15 is 0 Å². The van der Waals surface area contributed by atoms with Crippen LogP contribution in [0.3, 0.4) is 0 Å². The molecule has 1 rings (SSSR count). The molecular formula is C14H30N2O2. The van der Waals surface area contributed by atoms with Gasteiger partial charge in [0.2, 0.25) is 0 Å². The molecule has 1 fully saturated rings. The van der Waals surface area contributed by atoms with E-state index in [-0.39, 0.29) is 5.60 Å². The van der Waals surface area contributed by atoms with Crippen molar-refractivity contribution in [3.05, 3.63) is 0 Å². The number of ether oxygens (including phenoxy) is 2. The van der Waals surface area contributed by atoms with Crippen LogP contribution >= 0.6 is 0 Å². The van der Waals surface area contributed by atoms with E-state index in [0.717, 1.165) is 26.2 Å². The summed E-state index contributed by atoms with van der Waals surface area (Å²) in [5.74, 6) is 0. The molecule has 1 aliphatic rings. The molecule has 2 unspecified atom stereocenters. The third-order valence-corrected chi connectivity index (χ3v) is 3.85. The summed E-state index contributed by atoms with van der Waals surface area (Å²) in [6.45, 7) is 10.3. The Morgan fingerprint density at radius 2 is 2.22 bits per heavy atom. The molecule has 0 aromatic rings. The highest BCUT2D eigenvalue weighted by Crippen LogP contribution is 2.17. The molecule has 0 spiro atoms. The molecule has 0 amide bonds. The van der Waals surface area contributed by atoms with Crippen LogP contribution in [0.5, 0.6) is 0 Å². The second kappa shape index (κ2) is 7.43. The molecule has 0 saturated carbocycles. The zero-order valence-corrected chi connectivity index (χ0v) is 12.7. The quantitative estimate of drug-likeness (QED) is 0.715. The third kappa shape index (κ3) is 4.84. The Labute approximate surface area is 112 Å². The van der Waals surface area contributed by atoms with Crippen LogP contribution in [0, 0.1) is 0 Å². The van der Waals surface area contributed by atoms with E-state index in [4.69, 9.17) is 9.47 Å². The third-order valence-electron chi connectivity index (χ3n) is 3.85. The number of hydrogen-bond acceptors (Lipinski definition) is 4. The largest absolute Gasteiger partial charge is 0.377 e. The van der Waals surface area contributed by atoms with Crippen LogP contribution in [-0.4, -0.2) is 63.0 Å². The Morgan fingerprint density at radius 3 is 2.72 bits per heavy atom. The second-order valence-electron chi connectivity index (χ2n) is 5.77. The summed E-state index contributed by atoms with van der Waals surface area (Å²) < 4.78 is 11.3. The standard InChI is InChI=1S/C14H30N2O2/c1-6-15-13(14(2,3)17-5)11-16(4)10-12-8-7-9-18-12/h12-13,15H,6-11H2,1-5H3. The van der Waals surface area contributed by atoms with Gasteiger partial charge >= 0.3 is 0 Å². The van der Waals surface area contributed by atoms with Gasteiger partial charge in [-0.25, -0.2) is 0 Å². The molecule has 0 aromatic heterocycles. The van der Waals surface area contributed by atoms with Gasteiger partial charge in [-0.15, -0.1) is 0 Å². The Bertz CT molecular complexity index is 228. The first-order chi connectivity index (χ1) is 8.49. The van der Waals surface area contributed by atoms with E-state index in [0.29, 0.717) is 12.1 Å². The van der Waals surface area contributed by atoms with Gasteiger partial charge in [0.1, 0.15) is 0 Å². The zero-order valence-electron chi connectivity index (χ0n) is 12.7. The van der Waals surface area contributed by atoms with Crippen LogP contribution in [0.4, 0.5) is 0 Å². The van der Waals surface area contributed by atoms with Crippen molar-refractivity contribution in [2.75, 3.05) is 40.4 Å². The molecule has 0 aromatic carbocycles. The number of nitrogens with zero attached hydrogens (tertiary/aromatic N) is 1. The van der Waals surface area contributed by atoms with Crippen molar-refractivity contribution in [1.29, 1.82) is 0 Å². The number of rotatable bonds is 8. The van der Waals surface area contributed by atoms with E-state index in [2.05, 4.69) is 38.0 Å². The molecule has 4 nitrogen and oxygen atoms in total. The summed E-state index contributed by atoms with van der Waals surface area (Å²) >= 11 is 0. The molecule has 0 aliphatic carbocycles. The minimum Gasteiger partial charge on any atom is -0.377 e. The molecule has 4 heteroatoms. The maximum atomic E-state index is 5.68. The van der Waals surface area contributed by atoms with E-state index < -0.39 is 0 Å². The van der Waals surface area contributed by atoms with Crippen molar-refractivity contribution in [2.24, 2.45) is 0 Å². The van der Waals surface area contributed by atoms with Crippen molar-refractivity contribution < 1.29 is 9.47 Å². The lowest BCUT2D eigenvalue weighted by Gasteiger charge is -2.36. The van der Waals surface area contributed by atoms with Crippen molar-refractivity contribution in [3.63, 3.8) is 0 Å². The van der Waals surface area contributed by atoms with Gasteiger partial charge < -0.3 is 19.7 Å². The molecular weight excluding hydrogens is 228 g/mol. The van der Waals surface area contributed by atoms with Crippen LogP contribution < -0.4 is 5.32 Å². The van der Waals surface area contributed by atoms with Crippen LogP contribution in [0.1, 0.15) is 33.6 Å². The SMILES string of the molecule is CCNC(CN(C)CC1CCCO1)C(C)(C)OC. The van der Waals surface area contributed by atoms with E-state index in [1.165, 1.54) is 12.8 Å². The van der Waals surface area contributed by atoms with Gasteiger partial charge in [0.25, 0.3) is 0 Å². The lowest BCUT2D eigenvalue weighted by Crippen LogP contribution is -2.54. The maximum absolute atomic E-state index is 5.68. The van der Waals surface area contributed by atoms with E-state index in [9.17, 15) is 0 Å². The Kier molecular flexibility index (Phi) is 6.57. The van der Waals surface area contributed by atoms with Crippen molar-refractivity contribution in [2.45, 2.75) is 51.4 Å². The molecule has 2 atom stereocenters. The average Bonchev–Trinajstić information content (AvgIpc) is 2.81. The van der Waals surface area contributed by atoms with E-state index in [1.54, 1.807) is 7.11 Å². The van der Waals surface area contributed by atoms with Gasteiger partial charge in [-0.1, -0.05) is 6.92 Å². The van der Waals surface area contributed by atoms with Gasteiger partial charge in [0.15, 0.2) is 0 Å². The Morgan fingerprint density at radius 1 is 1.50 bits per heavy atom. The van der Waals surface area contributed by atoms with Crippen LogP contribution in [0.25, 0.3) is 0 Å². The zero-order chi connectivity index (χ0) is 13.6. The first-order valence-corrected chi connectivity index (χ1v) is 7.08. The van der Waals surface area contributed by atoms with Gasteiger partial charge in [0, 0.05) is 32.8 Å². The van der Waals surface area contributed by atoms with Crippen molar-refractivity contribution in [1.82, 2.24) is 10.2 Å². The monoisotopic (exact) mass is 258 g/mol. The fraction of sp³-hybridized carbons (Fsp3) is 1.00. The van der Waals surface area contributed by atoms with Gasteiger partial charge in [0.05, 0.1) is 11.7 Å². The lowest BCUT2D eigenvalue weighted by atomic mass is 9.97. The molecule has 18 heavy (non-hydrogen) atoms. The highest BCUT2D eigenvalue weighted by molar-refractivity contribution is 4.87. The van der Waals surface area contributed by atoms with Crippen molar-refractivity contribution in [3.8, 4) is 0 Å². The van der Waals surface area contributed by atoms with Crippen LogP contribution in [-0.2, 0) is 9.47 Å². The first kappa shape index (κ1) is 15.9. The molecule has 1 saturated heterocycles. The van der Waals surface area contributed by atoms with Gasteiger partial charge in [-0.05, 0) is 40.3 Å². The average molecular weight is 258 g/mol. The normalized spacial score (nSPS) is 22.7. The molecule has 1 aliphatic heterocycles. The summed E-state index contributed by atoms with van der Waals surface area (Å²) in [4.78, 5) is 2.35. The first-order valence-electron chi connectivity index (χ1n) is 7.08. The van der Waals surface area contributed by atoms with Crippen LogP contribution in [0.2, 0.25) is 0 Å². The van der Waals surface area contributed by atoms with Crippen LogP contribution in [0.15, 0.2) is 0 Å². The fourth-order valence-corrected chi connectivity index (χ4v) is 2.44. The molecule has 0 radical (unpaired) electrons. The molecule has 1 heterocycles. The van der Waals surface area contributed by atoms with Gasteiger partial charge in [-0.2, -0.15) is 0 Å². The summed E-state index contributed by atoms with van der Waals surface area (Å²) in [5.41, 5.74) is -0.152. The highest BCUT2D eigenvalue weighted by Gasteiger charge is 2.30. The fourth-order valence-electron chi connectivity index (χ4n) is 2.44.